The summed E-state index contributed by atoms with van der Waals surface area (Å²) in [5.41, 5.74) is 6.09. The molecule has 0 radical (unpaired) electrons. The standard InChI is InChI=1S/C8H12N2O2S/c1-8(9,13(10,11)12)7-5-3-2-4-6-7/h2-6H,9H2,1H3,(H2,10,11,12). The summed E-state index contributed by atoms with van der Waals surface area (Å²) < 4.78 is 22.2. The SMILES string of the molecule is CC(N)(c1ccccc1)S(N)(=O)=O. The fourth-order valence-electron chi connectivity index (χ4n) is 0.933. The summed E-state index contributed by atoms with van der Waals surface area (Å²) in [7, 11) is -3.78. The first-order valence-corrected chi connectivity index (χ1v) is 5.27. The zero-order valence-corrected chi connectivity index (χ0v) is 8.08. The molecule has 0 amide bonds. The van der Waals surface area contributed by atoms with Crippen molar-refractivity contribution in [3.8, 4) is 0 Å². The largest absolute Gasteiger partial charge is 0.308 e. The van der Waals surface area contributed by atoms with Gasteiger partial charge in [0, 0.05) is 0 Å². The lowest BCUT2D eigenvalue weighted by atomic mass is 10.1. The van der Waals surface area contributed by atoms with Crippen molar-refractivity contribution in [1.82, 2.24) is 0 Å². The van der Waals surface area contributed by atoms with E-state index < -0.39 is 14.9 Å². The molecule has 0 aromatic heterocycles. The Morgan fingerprint density at radius 2 is 1.69 bits per heavy atom. The summed E-state index contributed by atoms with van der Waals surface area (Å²) in [6, 6.07) is 8.47. The molecule has 1 unspecified atom stereocenters. The van der Waals surface area contributed by atoms with E-state index in [1.807, 2.05) is 0 Å². The molecule has 0 bridgehead atoms. The second kappa shape index (κ2) is 3.10. The maximum absolute atomic E-state index is 11.1. The van der Waals surface area contributed by atoms with Gasteiger partial charge in [0.2, 0.25) is 10.0 Å². The quantitative estimate of drug-likeness (QED) is 0.710. The summed E-state index contributed by atoms with van der Waals surface area (Å²) in [6.45, 7) is 1.37. The second-order valence-electron chi connectivity index (χ2n) is 3.02. The predicted molar refractivity (Wildman–Crippen MR) is 51.1 cm³/mol. The molecule has 4 N–H and O–H groups in total. The van der Waals surface area contributed by atoms with Gasteiger partial charge in [-0.05, 0) is 12.5 Å². The van der Waals surface area contributed by atoms with Crippen LogP contribution in [0.1, 0.15) is 12.5 Å². The fraction of sp³-hybridized carbons (Fsp3) is 0.250. The highest BCUT2D eigenvalue weighted by Gasteiger charge is 2.33. The van der Waals surface area contributed by atoms with Gasteiger partial charge < -0.3 is 5.73 Å². The Morgan fingerprint density at radius 3 is 2.08 bits per heavy atom. The molecular weight excluding hydrogens is 188 g/mol. The van der Waals surface area contributed by atoms with Crippen LogP contribution >= 0.6 is 0 Å². The summed E-state index contributed by atoms with van der Waals surface area (Å²) in [6.07, 6.45) is 0. The molecule has 0 aliphatic rings. The van der Waals surface area contributed by atoms with Crippen molar-refractivity contribution >= 4 is 10.0 Å². The lowest BCUT2D eigenvalue weighted by molar-refractivity contribution is 0.547. The van der Waals surface area contributed by atoms with Crippen LogP contribution < -0.4 is 10.9 Å². The van der Waals surface area contributed by atoms with Crippen molar-refractivity contribution in [2.45, 2.75) is 11.8 Å². The molecule has 1 rings (SSSR count). The minimum Gasteiger partial charge on any atom is -0.308 e. The molecule has 0 spiro atoms. The molecular formula is C8H12N2O2S. The van der Waals surface area contributed by atoms with Crippen LogP contribution in [-0.4, -0.2) is 8.42 Å². The summed E-state index contributed by atoms with van der Waals surface area (Å²) in [5.74, 6) is 0. The molecule has 72 valence electrons. The average Bonchev–Trinajstić information content (AvgIpc) is 2.04. The molecule has 1 aromatic carbocycles. The lowest BCUT2D eigenvalue weighted by Crippen LogP contribution is -2.45. The van der Waals surface area contributed by atoms with Gasteiger partial charge in [0.15, 0.2) is 4.87 Å². The highest BCUT2D eigenvalue weighted by Crippen LogP contribution is 2.20. The van der Waals surface area contributed by atoms with Crippen molar-refractivity contribution in [3.63, 3.8) is 0 Å². The maximum atomic E-state index is 11.1. The average molecular weight is 200 g/mol. The van der Waals surface area contributed by atoms with E-state index in [1.54, 1.807) is 30.3 Å². The molecule has 0 heterocycles. The van der Waals surface area contributed by atoms with Gasteiger partial charge in [-0.2, -0.15) is 0 Å². The molecule has 13 heavy (non-hydrogen) atoms. The highest BCUT2D eigenvalue weighted by molar-refractivity contribution is 7.90. The second-order valence-corrected chi connectivity index (χ2v) is 4.96. The Labute approximate surface area is 77.6 Å². The third kappa shape index (κ3) is 1.88. The van der Waals surface area contributed by atoms with Gasteiger partial charge in [-0.15, -0.1) is 0 Å². The summed E-state index contributed by atoms with van der Waals surface area (Å²) in [4.78, 5) is -1.52. The molecule has 0 fully saturated rings. The Bertz CT molecular complexity index is 384. The molecule has 0 aliphatic heterocycles. The topological polar surface area (TPSA) is 86.2 Å². The molecule has 5 heteroatoms. The zero-order chi connectivity index (χ0) is 10.1. The van der Waals surface area contributed by atoms with Crippen LogP contribution in [0.3, 0.4) is 0 Å². The molecule has 0 aliphatic carbocycles. The summed E-state index contributed by atoms with van der Waals surface area (Å²) >= 11 is 0. The Hall–Kier alpha value is -0.910. The summed E-state index contributed by atoms with van der Waals surface area (Å²) in [5, 5.41) is 4.99. The van der Waals surface area contributed by atoms with Gasteiger partial charge in [0.05, 0.1) is 0 Å². The van der Waals surface area contributed by atoms with Gasteiger partial charge >= 0.3 is 0 Å². The first kappa shape index (κ1) is 10.2. The van der Waals surface area contributed by atoms with Crippen molar-refractivity contribution in [2.75, 3.05) is 0 Å². The molecule has 0 saturated heterocycles. The van der Waals surface area contributed by atoms with Crippen molar-refractivity contribution < 1.29 is 8.42 Å². The van der Waals surface area contributed by atoms with E-state index in [-0.39, 0.29) is 0 Å². The van der Waals surface area contributed by atoms with Crippen LogP contribution in [0.5, 0.6) is 0 Å². The fourth-order valence-corrected chi connectivity index (χ4v) is 1.40. The van der Waals surface area contributed by atoms with Gasteiger partial charge in [-0.3, -0.25) is 0 Å². The number of rotatable bonds is 2. The number of sulfonamides is 1. The minimum atomic E-state index is -3.78. The van der Waals surface area contributed by atoms with E-state index >= 15 is 0 Å². The minimum absolute atomic E-state index is 0.484. The monoisotopic (exact) mass is 200 g/mol. The van der Waals surface area contributed by atoms with Gasteiger partial charge in [-0.25, -0.2) is 13.6 Å². The van der Waals surface area contributed by atoms with E-state index in [0.29, 0.717) is 5.56 Å². The number of hydrogen-bond donors (Lipinski definition) is 2. The van der Waals surface area contributed by atoms with E-state index in [2.05, 4.69) is 0 Å². The number of benzene rings is 1. The normalized spacial score (nSPS) is 16.5. The number of nitrogens with two attached hydrogens (primary N) is 2. The Morgan fingerprint density at radius 1 is 1.23 bits per heavy atom. The van der Waals surface area contributed by atoms with Crippen LogP contribution in [0.25, 0.3) is 0 Å². The van der Waals surface area contributed by atoms with E-state index in [4.69, 9.17) is 10.9 Å². The van der Waals surface area contributed by atoms with E-state index in [9.17, 15) is 8.42 Å². The van der Waals surface area contributed by atoms with E-state index in [0.717, 1.165) is 0 Å². The molecule has 1 atom stereocenters. The van der Waals surface area contributed by atoms with Gasteiger partial charge in [-0.1, -0.05) is 30.3 Å². The third-order valence-electron chi connectivity index (χ3n) is 1.94. The van der Waals surface area contributed by atoms with Crippen molar-refractivity contribution in [1.29, 1.82) is 0 Å². The van der Waals surface area contributed by atoms with Crippen LogP contribution in [0, 0.1) is 0 Å². The number of hydrogen-bond acceptors (Lipinski definition) is 3. The number of primary sulfonamides is 1. The molecule has 4 nitrogen and oxygen atoms in total. The highest BCUT2D eigenvalue weighted by atomic mass is 32.2. The third-order valence-corrected chi connectivity index (χ3v) is 3.36. The maximum Gasteiger partial charge on any atom is 0.231 e. The first-order chi connectivity index (χ1) is 5.86. The van der Waals surface area contributed by atoms with Crippen LogP contribution in [0.15, 0.2) is 30.3 Å². The zero-order valence-electron chi connectivity index (χ0n) is 7.27. The first-order valence-electron chi connectivity index (χ1n) is 3.72. The van der Waals surface area contributed by atoms with Crippen LogP contribution in [-0.2, 0) is 14.9 Å². The van der Waals surface area contributed by atoms with Gasteiger partial charge in [0.1, 0.15) is 0 Å². The van der Waals surface area contributed by atoms with Crippen molar-refractivity contribution in [3.05, 3.63) is 35.9 Å². The van der Waals surface area contributed by atoms with Crippen molar-refractivity contribution in [2.24, 2.45) is 10.9 Å². The van der Waals surface area contributed by atoms with Gasteiger partial charge in [0.25, 0.3) is 0 Å². The Balaban J connectivity index is 3.24. The Kier molecular flexibility index (Phi) is 2.42. The van der Waals surface area contributed by atoms with Crippen LogP contribution in [0.4, 0.5) is 0 Å². The smallest absolute Gasteiger partial charge is 0.231 e. The molecule has 0 saturated carbocycles. The van der Waals surface area contributed by atoms with E-state index in [1.165, 1.54) is 6.92 Å². The lowest BCUT2D eigenvalue weighted by Gasteiger charge is -2.21. The predicted octanol–water partition coefficient (Wildman–Crippen LogP) is 0.107. The van der Waals surface area contributed by atoms with Crippen LogP contribution in [0.2, 0.25) is 0 Å². The molecule has 1 aromatic rings.